The number of fused-ring (bicyclic) bond motifs is 1. The first kappa shape index (κ1) is 25.3. The summed E-state index contributed by atoms with van der Waals surface area (Å²) in [6, 6.07) is 25.6. The van der Waals surface area contributed by atoms with Gasteiger partial charge in [-0.25, -0.2) is 9.59 Å². The van der Waals surface area contributed by atoms with E-state index in [0.717, 1.165) is 42.6 Å². The highest BCUT2D eigenvalue weighted by Crippen LogP contribution is 2.34. The molecule has 1 unspecified atom stereocenters. The highest BCUT2D eigenvalue weighted by molar-refractivity contribution is 5.71. The van der Waals surface area contributed by atoms with Crippen molar-refractivity contribution in [1.29, 1.82) is 0 Å². The first-order chi connectivity index (χ1) is 17.5. The van der Waals surface area contributed by atoms with Crippen LogP contribution in [-0.4, -0.2) is 44.3 Å². The Balaban J connectivity index is 1.34. The third-order valence-electron chi connectivity index (χ3n) is 6.72. The lowest BCUT2D eigenvalue weighted by atomic mass is 9.82. The number of amides is 1. The predicted octanol–water partition coefficient (Wildman–Crippen LogP) is 5.59. The molecule has 3 aromatic carbocycles. The van der Waals surface area contributed by atoms with Crippen LogP contribution in [0.2, 0.25) is 0 Å². The van der Waals surface area contributed by atoms with E-state index >= 15 is 0 Å². The summed E-state index contributed by atoms with van der Waals surface area (Å²) < 4.78 is 16.3. The molecule has 1 aliphatic carbocycles. The summed E-state index contributed by atoms with van der Waals surface area (Å²) >= 11 is 0. The fraction of sp³-hybridized carbons (Fsp3) is 0.333. The minimum Gasteiger partial charge on any atom is -0.482 e. The summed E-state index contributed by atoms with van der Waals surface area (Å²) in [6.45, 7) is 0.532. The predicted molar refractivity (Wildman–Crippen MR) is 138 cm³/mol. The molecular weight excluding hydrogens is 454 g/mol. The van der Waals surface area contributed by atoms with Crippen LogP contribution in [0.15, 0.2) is 78.9 Å². The highest BCUT2D eigenvalue weighted by atomic mass is 16.6. The highest BCUT2D eigenvalue weighted by Gasteiger charge is 2.25. The second kappa shape index (κ2) is 12.2. The lowest BCUT2D eigenvalue weighted by molar-refractivity contribution is -0.142. The van der Waals surface area contributed by atoms with Gasteiger partial charge in [0.05, 0.1) is 7.11 Å². The number of hydrogen-bond donors (Lipinski definition) is 0. The van der Waals surface area contributed by atoms with Crippen molar-refractivity contribution in [3.63, 3.8) is 0 Å². The summed E-state index contributed by atoms with van der Waals surface area (Å²) in [7, 11) is 3.15. The van der Waals surface area contributed by atoms with Crippen LogP contribution in [0, 0.1) is 5.92 Å². The quantitative estimate of drug-likeness (QED) is 0.368. The van der Waals surface area contributed by atoms with Gasteiger partial charge in [-0.15, -0.1) is 0 Å². The van der Waals surface area contributed by atoms with Gasteiger partial charge < -0.3 is 19.1 Å². The zero-order valence-electron chi connectivity index (χ0n) is 20.9. The summed E-state index contributed by atoms with van der Waals surface area (Å²) in [5.74, 6) is 0.825. The van der Waals surface area contributed by atoms with E-state index in [0.29, 0.717) is 12.5 Å². The van der Waals surface area contributed by atoms with Gasteiger partial charge in [0.25, 0.3) is 0 Å². The zero-order chi connectivity index (χ0) is 25.3. The Morgan fingerprint density at radius 2 is 1.61 bits per heavy atom. The van der Waals surface area contributed by atoms with E-state index in [-0.39, 0.29) is 12.7 Å². The third kappa shape index (κ3) is 6.45. The number of rotatable bonds is 9. The maximum absolute atomic E-state index is 13.0. The lowest BCUT2D eigenvalue weighted by Crippen LogP contribution is -2.31. The van der Waals surface area contributed by atoms with Gasteiger partial charge in [-0.2, -0.15) is 0 Å². The number of carbonyl (C=O) groups excluding carboxylic acids is 2. The summed E-state index contributed by atoms with van der Waals surface area (Å²) in [5.41, 5.74) is 4.30. The average Bonchev–Trinajstić information content (AvgIpc) is 2.93. The molecule has 188 valence electrons. The third-order valence-corrected chi connectivity index (χ3v) is 6.72. The summed E-state index contributed by atoms with van der Waals surface area (Å²) in [4.78, 5) is 26.1. The Bertz CT molecular complexity index is 1110. The van der Waals surface area contributed by atoms with Gasteiger partial charge in [-0.3, -0.25) is 0 Å². The van der Waals surface area contributed by atoms with Crippen LogP contribution in [0.4, 0.5) is 4.79 Å². The fourth-order valence-corrected chi connectivity index (χ4v) is 4.67. The number of carbonyl (C=O) groups is 2. The van der Waals surface area contributed by atoms with Crippen molar-refractivity contribution in [3.05, 3.63) is 101 Å². The van der Waals surface area contributed by atoms with Crippen molar-refractivity contribution in [2.45, 2.75) is 31.8 Å². The van der Waals surface area contributed by atoms with Gasteiger partial charge in [0.15, 0.2) is 12.7 Å². The van der Waals surface area contributed by atoms with Gasteiger partial charge in [-0.1, -0.05) is 72.8 Å². The Kier molecular flexibility index (Phi) is 8.61. The van der Waals surface area contributed by atoms with E-state index in [9.17, 15) is 9.59 Å². The van der Waals surface area contributed by atoms with E-state index < -0.39 is 12.1 Å². The molecule has 0 bridgehead atoms. The maximum atomic E-state index is 13.0. The van der Waals surface area contributed by atoms with E-state index in [1.807, 2.05) is 72.8 Å². The van der Waals surface area contributed by atoms with Gasteiger partial charge in [0, 0.05) is 13.6 Å². The molecule has 1 aliphatic rings. The molecule has 3 aromatic rings. The van der Waals surface area contributed by atoms with Crippen molar-refractivity contribution in [3.8, 4) is 5.75 Å². The van der Waals surface area contributed by atoms with Gasteiger partial charge in [0.1, 0.15) is 5.75 Å². The largest absolute Gasteiger partial charge is 0.482 e. The van der Waals surface area contributed by atoms with Gasteiger partial charge >= 0.3 is 12.1 Å². The maximum Gasteiger partial charge on any atom is 0.410 e. The second-order valence-electron chi connectivity index (χ2n) is 9.16. The molecule has 0 radical (unpaired) electrons. The van der Waals surface area contributed by atoms with Crippen LogP contribution in [-0.2, 0) is 27.1 Å². The smallest absolute Gasteiger partial charge is 0.410 e. The first-order valence-electron chi connectivity index (χ1n) is 12.4. The van der Waals surface area contributed by atoms with Crippen LogP contribution < -0.4 is 4.74 Å². The minimum absolute atomic E-state index is 0.0871. The molecule has 6 nitrogen and oxygen atoms in total. The molecular formula is C30H33NO5. The van der Waals surface area contributed by atoms with E-state index in [1.165, 1.54) is 18.2 Å². The van der Waals surface area contributed by atoms with E-state index in [1.54, 1.807) is 11.9 Å². The van der Waals surface area contributed by atoms with E-state index in [4.69, 9.17) is 9.47 Å². The molecule has 0 fully saturated rings. The fourth-order valence-electron chi connectivity index (χ4n) is 4.67. The second-order valence-corrected chi connectivity index (χ2v) is 9.16. The topological polar surface area (TPSA) is 65.1 Å². The Hall–Kier alpha value is -3.80. The molecule has 0 aliphatic heterocycles. The molecule has 0 N–H and O–H groups in total. The van der Waals surface area contributed by atoms with Crippen molar-refractivity contribution in [2.24, 2.45) is 5.92 Å². The van der Waals surface area contributed by atoms with Crippen molar-refractivity contribution >= 4 is 12.1 Å². The molecule has 1 amide bonds. The molecule has 0 saturated carbocycles. The number of benzene rings is 3. The van der Waals surface area contributed by atoms with Crippen LogP contribution in [0.3, 0.4) is 0 Å². The number of ether oxygens (including phenoxy) is 3. The van der Waals surface area contributed by atoms with Crippen LogP contribution in [0.5, 0.6) is 5.75 Å². The minimum atomic E-state index is -0.452. The van der Waals surface area contributed by atoms with Crippen molar-refractivity contribution < 1.29 is 23.8 Å². The van der Waals surface area contributed by atoms with Gasteiger partial charge in [-0.05, 0) is 59.9 Å². The standard InChI is InChI=1S/C30H33NO5/c1-31(30(33)36-29(23-10-5-3-6-11-23)24-12-7-4-8-13-24)19-18-22-16-17-26-25(20-22)14-9-15-27(26)35-21-28(32)34-2/h3-15,22,29H,16-21H2,1-2H3. The van der Waals surface area contributed by atoms with Gasteiger partial charge in [0.2, 0.25) is 0 Å². The number of hydrogen-bond acceptors (Lipinski definition) is 5. The molecule has 0 aromatic heterocycles. The first-order valence-corrected chi connectivity index (χ1v) is 12.4. The van der Waals surface area contributed by atoms with Crippen molar-refractivity contribution in [1.82, 2.24) is 4.90 Å². The van der Waals surface area contributed by atoms with E-state index in [2.05, 4.69) is 10.8 Å². The molecule has 4 rings (SSSR count). The average molecular weight is 488 g/mol. The van der Waals surface area contributed by atoms with Crippen molar-refractivity contribution in [2.75, 3.05) is 27.3 Å². The summed E-state index contributed by atoms with van der Waals surface area (Å²) in [6.07, 6.45) is 2.92. The number of esters is 1. The molecule has 0 saturated heterocycles. The van der Waals surface area contributed by atoms with Crippen LogP contribution >= 0.6 is 0 Å². The molecule has 36 heavy (non-hydrogen) atoms. The Morgan fingerprint density at radius 3 is 2.25 bits per heavy atom. The Morgan fingerprint density at radius 1 is 0.944 bits per heavy atom. The summed E-state index contributed by atoms with van der Waals surface area (Å²) in [5, 5.41) is 0. The number of methoxy groups -OCH3 is 1. The molecule has 0 heterocycles. The van der Waals surface area contributed by atoms with Crippen LogP contribution in [0.25, 0.3) is 0 Å². The SMILES string of the molecule is COC(=O)COc1cccc2c1CCC(CCN(C)C(=O)OC(c1ccccc1)c1ccccc1)C2. The number of nitrogens with zero attached hydrogens (tertiary/aromatic N) is 1. The molecule has 0 spiro atoms. The Labute approximate surface area is 212 Å². The van der Waals surface area contributed by atoms with Crippen LogP contribution in [0.1, 0.15) is 41.2 Å². The molecule has 1 atom stereocenters. The zero-order valence-corrected chi connectivity index (χ0v) is 20.9. The normalized spacial score (nSPS) is 14.6. The lowest BCUT2D eigenvalue weighted by Gasteiger charge is -2.28. The molecule has 6 heteroatoms. The monoisotopic (exact) mass is 487 g/mol.